The molecule has 0 spiro atoms. The summed E-state index contributed by atoms with van der Waals surface area (Å²) in [5.74, 6) is 0.325. The fourth-order valence-corrected chi connectivity index (χ4v) is 3.41. The molecule has 2 unspecified atom stereocenters. The highest BCUT2D eigenvalue weighted by Crippen LogP contribution is 2.27. The van der Waals surface area contributed by atoms with Crippen LogP contribution < -0.4 is 5.32 Å². The van der Waals surface area contributed by atoms with Crippen LogP contribution in [0, 0.1) is 12.8 Å². The van der Waals surface area contributed by atoms with Crippen molar-refractivity contribution in [2.24, 2.45) is 5.92 Å². The lowest BCUT2D eigenvalue weighted by Gasteiger charge is -2.29. The molecular formula is C15H23N3O2S. The molecule has 2 heterocycles. The molecule has 0 saturated carbocycles. The molecule has 2 amide bonds. The van der Waals surface area contributed by atoms with Gasteiger partial charge in [0.25, 0.3) is 0 Å². The van der Waals surface area contributed by atoms with Crippen molar-refractivity contribution >= 4 is 23.2 Å². The molecule has 2 atom stereocenters. The molecule has 5 nitrogen and oxygen atoms in total. The predicted molar refractivity (Wildman–Crippen MR) is 83.0 cm³/mol. The molecule has 0 aromatic carbocycles. The summed E-state index contributed by atoms with van der Waals surface area (Å²) in [5, 5.41) is 3.78. The Labute approximate surface area is 129 Å². The number of thiazole rings is 1. The van der Waals surface area contributed by atoms with E-state index in [9.17, 15) is 9.59 Å². The number of nitrogens with zero attached hydrogens (tertiary/aromatic N) is 2. The van der Waals surface area contributed by atoms with E-state index >= 15 is 0 Å². The highest BCUT2D eigenvalue weighted by Gasteiger charge is 2.33. The largest absolute Gasteiger partial charge is 0.344 e. The second-order valence-electron chi connectivity index (χ2n) is 6.02. The van der Waals surface area contributed by atoms with Crippen LogP contribution >= 0.6 is 11.3 Å². The number of carbonyl (C=O) groups excluding carboxylic acids is 2. The summed E-state index contributed by atoms with van der Waals surface area (Å²) in [7, 11) is 0. The number of hydrogen-bond donors (Lipinski definition) is 1. The maximum atomic E-state index is 12.7. The van der Waals surface area contributed by atoms with Gasteiger partial charge in [0, 0.05) is 24.0 Å². The molecule has 0 radical (unpaired) electrons. The maximum Gasteiger partial charge on any atom is 0.245 e. The summed E-state index contributed by atoms with van der Waals surface area (Å²) in [4.78, 5) is 31.9. The molecule has 0 aliphatic carbocycles. The van der Waals surface area contributed by atoms with E-state index in [2.05, 4.69) is 24.1 Å². The average Bonchev–Trinajstić information content (AvgIpc) is 2.78. The van der Waals surface area contributed by atoms with Crippen molar-refractivity contribution in [2.45, 2.75) is 52.6 Å². The second-order valence-corrected chi connectivity index (χ2v) is 7.28. The molecule has 116 valence electrons. The first-order valence-electron chi connectivity index (χ1n) is 7.40. The first kappa shape index (κ1) is 15.9. The van der Waals surface area contributed by atoms with Gasteiger partial charge in [-0.15, -0.1) is 11.3 Å². The molecule has 1 aliphatic rings. The monoisotopic (exact) mass is 309 g/mol. The standard InChI is InChI=1S/C15H23N3O2S/c1-9(2)7-12-15(20)18(6-5-13(19)17-12)11(4)14-16-8-10(3)21-14/h8-9,11-12H,5-7H2,1-4H3,(H,17,19). The Balaban J connectivity index is 2.20. The van der Waals surface area contributed by atoms with Crippen LogP contribution in [0.2, 0.25) is 0 Å². The number of rotatable bonds is 4. The van der Waals surface area contributed by atoms with Crippen molar-refractivity contribution in [1.29, 1.82) is 0 Å². The van der Waals surface area contributed by atoms with Crippen LogP contribution in [-0.4, -0.2) is 34.3 Å². The summed E-state index contributed by atoms with van der Waals surface area (Å²) in [5.41, 5.74) is 0. The summed E-state index contributed by atoms with van der Waals surface area (Å²) >= 11 is 1.60. The molecule has 1 fully saturated rings. The van der Waals surface area contributed by atoms with Crippen molar-refractivity contribution in [3.05, 3.63) is 16.1 Å². The molecular weight excluding hydrogens is 286 g/mol. The van der Waals surface area contributed by atoms with E-state index in [-0.39, 0.29) is 17.9 Å². The van der Waals surface area contributed by atoms with E-state index in [0.717, 1.165) is 9.88 Å². The third-order valence-corrected chi connectivity index (χ3v) is 4.75. The summed E-state index contributed by atoms with van der Waals surface area (Å²) in [6, 6.07) is -0.498. The van der Waals surface area contributed by atoms with Gasteiger partial charge >= 0.3 is 0 Å². The molecule has 1 saturated heterocycles. The number of carbonyl (C=O) groups is 2. The van der Waals surface area contributed by atoms with Crippen LogP contribution in [0.4, 0.5) is 0 Å². The van der Waals surface area contributed by atoms with E-state index in [4.69, 9.17) is 0 Å². The molecule has 2 rings (SSSR count). The Morgan fingerprint density at radius 1 is 1.43 bits per heavy atom. The normalized spacial score (nSPS) is 21.4. The van der Waals surface area contributed by atoms with Crippen molar-refractivity contribution in [3.63, 3.8) is 0 Å². The van der Waals surface area contributed by atoms with Crippen molar-refractivity contribution in [2.75, 3.05) is 6.54 Å². The zero-order chi connectivity index (χ0) is 15.6. The topological polar surface area (TPSA) is 62.3 Å². The van der Waals surface area contributed by atoms with Crippen LogP contribution in [0.15, 0.2) is 6.20 Å². The Kier molecular flexibility index (Phi) is 4.98. The zero-order valence-electron chi connectivity index (χ0n) is 13.0. The van der Waals surface area contributed by atoms with E-state index in [1.54, 1.807) is 16.2 Å². The molecule has 1 aromatic heterocycles. The molecule has 1 aromatic rings. The van der Waals surface area contributed by atoms with Gasteiger partial charge in [-0.2, -0.15) is 0 Å². The van der Waals surface area contributed by atoms with Gasteiger partial charge in [-0.25, -0.2) is 4.98 Å². The first-order chi connectivity index (χ1) is 9.88. The van der Waals surface area contributed by atoms with Gasteiger partial charge in [-0.05, 0) is 26.2 Å². The van der Waals surface area contributed by atoms with Gasteiger partial charge in [-0.3, -0.25) is 9.59 Å². The van der Waals surface area contributed by atoms with Crippen LogP contribution in [0.1, 0.15) is 49.5 Å². The van der Waals surface area contributed by atoms with Crippen molar-refractivity contribution in [1.82, 2.24) is 15.2 Å². The van der Waals surface area contributed by atoms with Gasteiger partial charge < -0.3 is 10.2 Å². The molecule has 0 bridgehead atoms. The number of aryl methyl sites for hydroxylation is 1. The number of aromatic nitrogens is 1. The lowest BCUT2D eigenvalue weighted by molar-refractivity contribution is -0.135. The third kappa shape index (κ3) is 3.81. The number of nitrogens with one attached hydrogen (secondary N) is 1. The minimum atomic E-state index is -0.413. The predicted octanol–water partition coefficient (Wildman–Crippen LogP) is 2.28. The summed E-state index contributed by atoms with van der Waals surface area (Å²) in [6.07, 6.45) is 2.85. The fraction of sp³-hybridized carbons (Fsp3) is 0.667. The zero-order valence-corrected chi connectivity index (χ0v) is 13.9. The second kappa shape index (κ2) is 6.56. The maximum absolute atomic E-state index is 12.7. The molecule has 6 heteroatoms. The van der Waals surface area contributed by atoms with Crippen LogP contribution in [0.5, 0.6) is 0 Å². The van der Waals surface area contributed by atoms with Crippen LogP contribution in [0.3, 0.4) is 0 Å². The minimum absolute atomic E-state index is 0.00917. The minimum Gasteiger partial charge on any atom is -0.344 e. The lowest BCUT2D eigenvalue weighted by atomic mass is 10.0. The third-order valence-electron chi connectivity index (χ3n) is 3.67. The van der Waals surface area contributed by atoms with Crippen LogP contribution in [-0.2, 0) is 9.59 Å². The van der Waals surface area contributed by atoms with Gasteiger partial charge in [0.1, 0.15) is 11.0 Å². The number of amides is 2. The Morgan fingerprint density at radius 2 is 2.14 bits per heavy atom. The summed E-state index contributed by atoms with van der Waals surface area (Å²) < 4.78 is 0. The molecule has 1 aliphatic heterocycles. The average molecular weight is 309 g/mol. The molecule has 1 N–H and O–H groups in total. The van der Waals surface area contributed by atoms with Crippen LogP contribution in [0.25, 0.3) is 0 Å². The van der Waals surface area contributed by atoms with E-state index < -0.39 is 6.04 Å². The van der Waals surface area contributed by atoms with E-state index in [1.807, 2.05) is 20.0 Å². The lowest BCUT2D eigenvalue weighted by Crippen LogP contribution is -2.46. The van der Waals surface area contributed by atoms with Crippen molar-refractivity contribution in [3.8, 4) is 0 Å². The smallest absolute Gasteiger partial charge is 0.245 e. The van der Waals surface area contributed by atoms with Gasteiger partial charge in [0.15, 0.2) is 0 Å². The Hall–Kier alpha value is -1.43. The first-order valence-corrected chi connectivity index (χ1v) is 8.22. The van der Waals surface area contributed by atoms with Gasteiger partial charge in [-0.1, -0.05) is 13.8 Å². The van der Waals surface area contributed by atoms with Gasteiger partial charge in [0.2, 0.25) is 11.8 Å². The number of hydrogen-bond acceptors (Lipinski definition) is 4. The van der Waals surface area contributed by atoms with E-state index in [1.165, 1.54) is 0 Å². The Bertz CT molecular complexity index is 527. The quantitative estimate of drug-likeness (QED) is 0.928. The fourth-order valence-electron chi connectivity index (χ4n) is 2.57. The highest BCUT2D eigenvalue weighted by molar-refractivity contribution is 7.11. The molecule has 21 heavy (non-hydrogen) atoms. The van der Waals surface area contributed by atoms with E-state index in [0.29, 0.717) is 25.3 Å². The Morgan fingerprint density at radius 3 is 2.71 bits per heavy atom. The van der Waals surface area contributed by atoms with Crippen molar-refractivity contribution < 1.29 is 9.59 Å². The highest BCUT2D eigenvalue weighted by atomic mass is 32.1. The summed E-state index contributed by atoms with van der Waals surface area (Å²) in [6.45, 7) is 8.56. The SMILES string of the molecule is Cc1cnc(C(C)N2CCC(=O)NC(CC(C)C)C2=O)s1. The van der Waals surface area contributed by atoms with Gasteiger partial charge in [0.05, 0.1) is 6.04 Å².